The van der Waals surface area contributed by atoms with E-state index in [0.29, 0.717) is 18.5 Å². The molecule has 1 heterocycles. The molecule has 6 nitrogen and oxygen atoms in total. The van der Waals surface area contributed by atoms with Crippen LogP contribution in [0.2, 0.25) is 0 Å². The molecular formula is C17H20N2O4S. The molecule has 7 heteroatoms. The normalized spacial score (nSPS) is 11.2. The maximum atomic E-state index is 12.1. The van der Waals surface area contributed by atoms with Crippen molar-refractivity contribution in [3.63, 3.8) is 0 Å². The summed E-state index contributed by atoms with van der Waals surface area (Å²) in [5, 5.41) is 2.61. The van der Waals surface area contributed by atoms with Crippen molar-refractivity contribution in [3.8, 4) is 0 Å². The number of hydrogen-bond acceptors (Lipinski definition) is 4. The van der Waals surface area contributed by atoms with E-state index in [-0.39, 0.29) is 11.3 Å². The molecule has 0 bridgehead atoms. The molecule has 24 heavy (non-hydrogen) atoms. The monoisotopic (exact) mass is 348 g/mol. The average Bonchev–Trinajstić information content (AvgIpc) is 2.51. The van der Waals surface area contributed by atoms with Crippen LogP contribution in [0.25, 0.3) is 0 Å². The fraction of sp³-hybridized carbons (Fsp3) is 0.294. The van der Waals surface area contributed by atoms with Gasteiger partial charge >= 0.3 is 0 Å². The van der Waals surface area contributed by atoms with Gasteiger partial charge in [0.1, 0.15) is 5.75 Å². The molecule has 1 aromatic heterocycles. The van der Waals surface area contributed by atoms with Crippen LogP contribution >= 0.6 is 0 Å². The molecule has 0 aliphatic rings. The Kier molecular flexibility index (Phi) is 5.92. The van der Waals surface area contributed by atoms with Gasteiger partial charge in [-0.25, -0.2) is 8.42 Å². The molecule has 1 N–H and O–H groups in total. The zero-order valence-electron chi connectivity index (χ0n) is 13.4. The van der Waals surface area contributed by atoms with Crippen molar-refractivity contribution in [1.82, 2.24) is 9.88 Å². The van der Waals surface area contributed by atoms with E-state index in [4.69, 9.17) is 0 Å². The topological polar surface area (TPSA) is 85.2 Å². The van der Waals surface area contributed by atoms with Crippen LogP contribution in [0.1, 0.15) is 11.1 Å². The Morgan fingerprint density at radius 1 is 1.12 bits per heavy atom. The van der Waals surface area contributed by atoms with E-state index in [9.17, 15) is 18.0 Å². The highest BCUT2D eigenvalue weighted by molar-refractivity contribution is 7.91. The Balaban J connectivity index is 1.85. The lowest BCUT2D eigenvalue weighted by Crippen LogP contribution is -2.32. The lowest BCUT2D eigenvalue weighted by Gasteiger charge is -2.07. The molecule has 0 aliphatic carbocycles. The second kappa shape index (κ2) is 7.92. The summed E-state index contributed by atoms with van der Waals surface area (Å²) >= 11 is 0. The van der Waals surface area contributed by atoms with Gasteiger partial charge in [-0.3, -0.25) is 9.59 Å². The maximum absolute atomic E-state index is 12.1. The molecule has 0 saturated heterocycles. The van der Waals surface area contributed by atoms with Crippen LogP contribution in [-0.2, 0) is 33.9 Å². The van der Waals surface area contributed by atoms with Crippen LogP contribution in [0.5, 0.6) is 0 Å². The zero-order chi connectivity index (χ0) is 17.6. The Morgan fingerprint density at radius 2 is 1.83 bits per heavy atom. The van der Waals surface area contributed by atoms with E-state index in [1.54, 1.807) is 13.1 Å². The number of aromatic nitrogens is 1. The SMILES string of the molecule is Cn1ccc(CS(=O)(=O)CC(=O)NCCc2ccccc2)cc1=O. The Bertz CT molecular complexity index is 858. The predicted molar refractivity (Wildman–Crippen MR) is 92.3 cm³/mol. The number of carbonyl (C=O) groups is 1. The molecule has 0 unspecified atom stereocenters. The summed E-state index contributed by atoms with van der Waals surface area (Å²) in [5.41, 5.74) is 1.17. The third-order valence-corrected chi connectivity index (χ3v) is 4.96. The smallest absolute Gasteiger partial charge is 0.250 e. The van der Waals surface area contributed by atoms with Crippen LogP contribution in [0.3, 0.4) is 0 Å². The van der Waals surface area contributed by atoms with E-state index in [1.807, 2.05) is 30.3 Å². The van der Waals surface area contributed by atoms with E-state index in [1.165, 1.54) is 16.8 Å². The number of pyridine rings is 1. The van der Waals surface area contributed by atoms with E-state index >= 15 is 0 Å². The third-order valence-electron chi connectivity index (χ3n) is 3.48. The number of hydrogen-bond donors (Lipinski definition) is 1. The molecule has 2 rings (SSSR count). The summed E-state index contributed by atoms with van der Waals surface area (Å²) in [6.45, 7) is 0.379. The summed E-state index contributed by atoms with van der Waals surface area (Å²) in [5.74, 6) is -1.44. The van der Waals surface area contributed by atoms with Gasteiger partial charge in [-0.2, -0.15) is 0 Å². The second-order valence-corrected chi connectivity index (χ2v) is 7.67. The van der Waals surface area contributed by atoms with E-state index in [0.717, 1.165) is 5.56 Å². The van der Waals surface area contributed by atoms with Crippen molar-refractivity contribution >= 4 is 15.7 Å². The van der Waals surface area contributed by atoms with E-state index in [2.05, 4.69) is 5.32 Å². The number of nitrogens with zero attached hydrogens (tertiary/aromatic N) is 1. The van der Waals surface area contributed by atoms with Crippen LogP contribution in [0.15, 0.2) is 53.5 Å². The van der Waals surface area contributed by atoms with Gasteiger partial charge in [0.25, 0.3) is 5.56 Å². The highest BCUT2D eigenvalue weighted by atomic mass is 32.2. The molecule has 2 aromatic rings. The van der Waals surface area contributed by atoms with Crippen LogP contribution in [0.4, 0.5) is 0 Å². The third kappa shape index (κ3) is 5.66. The fourth-order valence-corrected chi connectivity index (χ4v) is 3.52. The minimum atomic E-state index is -3.62. The molecule has 1 amide bonds. The largest absolute Gasteiger partial charge is 0.355 e. The Labute approximate surface area is 141 Å². The van der Waals surface area contributed by atoms with Gasteiger partial charge in [0.05, 0.1) is 5.75 Å². The molecule has 0 fully saturated rings. The van der Waals surface area contributed by atoms with Gasteiger partial charge in [0.2, 0.25) is 5.91 Å². The number of amides is 1. The van der Waals surface area contributed by atoms with Crippen molar-refractivity contribution in [3.05, 3.63) is 70.1 Å². The molecule has 0 atom stereocenters. The minimum absolute atomic E-state index is 0.282. The summed E-state index contributed by atoms with van der Waals surface area (Å²) in [4.78, 5) is 23.3. The Morgan fingerprint density at radius 3 is 2.50 bits per heavy atom. The molecule has 0 radical (unpaired) electrons. The van der Waals surface area contributed by atoms with Crippen molar-refractivity contribution < 1.29 is 13.2 Å². The lowest BCUT2D eigenvalue weighted by molar-refractivity contribution is -0.118. The molecule has 0 aliphatic heterocycles. The van der Waals surface area contributed by atoms with Crippen LogP contribution in [0, 0.1) is 0 Å². The summed E-state index contributed by atoms with van der Waals surface area (Å²) in [6.07, 6.45) is 2.15. The van der Waals surface area contributed by atoms with Gasteiger partial charge in [-0.05, 0) is 23.6 Å². The molecule has 0 saturated carbocycles. The predicted octanol–water partition coefficient (Wildman–Crippen LogP) is 0.659. The summed E-state index contributed by atoms with van der Waals surface area (Å²) in [7, 11) is -2.03. The standard InChI is InChI=1S/C17H20N2O4S/c1-19-10-8-15(11-17(19)21)12-24(22,23)13-16(20)18-9-7-14-5-3-2-4-6-14/h2-6,8,10-11H,7,9,12-13H2,1H3,(H,18,20). The first-order valence-electron chi connectivity index (χ1n) is 7.52. The Hall–Kier alpha value is -2.41. The first-order chi connectivity index (χ1) is 11.4. The quantitative estimate of drug-likeness (QED) is 0.796. The molecule has 128 valence electrons. The lowest BCUT2D eigenvalue weighted by atomic mass is 10.1. The minimum Gasteiger partial charge on any atom is -0.355 e. The van der Waals surface area contributed by atoms with Gasteiger partial charge in [-0.1, -0.05) is 30.3 Å². The van der Waals surface area contributed by atoms with Gasteiger partial charge in [-0.15, -0.1) is 0 Å². The zero-order valence-corrected chi connectivity index (χ0v) is 14.3. The van der Waals surface area contributed by atoms with Crippen molar-refractivity contribution in [2.24, 2.45) is 7.05 Å². The van der Waals surface area contributed by atoms with Crippen LogP contribution < -0.4 is 10.9 Å². The van der Waals surface area contributed by atoms with Gasteiger partial charge in [0.15, 0.2) is 9.84 Å². The molecular weight excluding hydrogens is 328 g/mol. The number of benzene rings is 1. The van der Waals surface area contributed by atoms with Crippen molar-refractivity contribution in [1.29, 1.82) is 0 Å². The van der Waals surface area contributed by atoms with Crippen molar-refractivity contribution in [2.75, 3.05) is 12.3 Å². The van der Waals surface area contributed by atoms with Gasteiger partial charge in [0, 0.05) is 25.9 Å². The number of sulfone groups is 1. The fourth-order valence-electron chi connectivity index (χ4n) is 2.23. The van der Waals surface area contributed by atoms with Gasteiger partial charge < -0.3 is 9.88 Å². The summed E-state index contributed by atoms with van der Waals surface area (Å²) in [6, 6.07) is 12.4. The molecule has 1 aromatic carbocycles. The second-order valence-electron chi connectivity index (χ2n) is 5.60. The van der Waals surface area contributed by atoms with E-state index < -0.39 is 21.5 Å². The number of rotatable bonds is 7. The van der Waals surface area contributed by atoms with Crippen molar-refractivity contribution in [2.45, 2.75) is 12.2 Å². The number of aryl methyl sites for hydroxylation is 1. The number of nitrogens with one attached hydrogen (secondary N) is 1. The van der Waals surface area contributed by atoms with Crippen LogP contribution in [-0.4, -0.2) is 31.2 Å². The first-order valence-corrected chi connectivity index (χ1v) is 9.34. The first kappa shape index (κ1) is 17.9. The highest BCUT2D eigenvalue weighted by Crippen LogP contribution is 2.04. The average molecular weight is 348 g/mol. The highest BCUT2D eigenvalue weighted by Gasteiger charge is 2.17. The molecule has 0 spiro atoms. The summed E-state index contributed by atoms with van der Waals surface area (Å²) < 4.78 is 25.5. The number of carbonyl (C=O) groups excluding carboxylic acids is 1. The maximum Gasteiger partial charge on any atom is 0.250 e.